The van der Waals surface area contributed by atoms with Gasteiger partial charge in [-0.05, 0) is 31.2 Å². The van der Waals surface area contributed by atoms with Crippen LogP contribution >= 0.6 is 24.0 Å². The van der Waals surface area contributed by atoms with Crippen LogP contribution in [0.2, 0.25) is 0 Å². The average Bonchev–Trinajstić information content (AvgIpc) is 2.88. The smallest absolute Gasteiger partial charge is 0.195 e. The van der Waals surface area contributed by atoms with Crippen LogP contribution in [0.5, 0.6) is 11.5 Å². The lowest BCUT2D eigenvalue weighted by Crippen LogP contribution is -2.33. The van der Waals surface area contributed by atoms with Gasteiger partial charge in [-0.25, -0.2) is 4.98 Å². The number of halogens is 1. The van der Waals surface area contributed by atoms with Gasteiger partial charge in [-0.2, -0.15) is 0 Å². The number of hydrogen-bond acceptors (Lipinski definition) is 4. The molecule has 0 atom stereocenters. The number of hydrogen-bond donors (Lipinski definition) is 2. The molecule has 0 spiro atoms. The number of para-hydroxylation sites is 2. The van der Waals surface area contributed by atoms with Gasteiger partial charge in [0.15, 0.2) is 17.5 Å². The van der Waals surface area contributed by atoms with Crippen molar-refractivity contribution in [2.45, 2.75) is 19.9 Å². The van der Waals surface area contributed by atoms with E-state index in [0.717, 1.165) is 53.6 Å². The van der Waals surface area contributed by atoms with Crippen LogP contribution < -0.4 is 20.1 Å². The standard InChI is InChI=1S/C21H25N5O2.HI/c1-15-24-17-6-3-4-7-18(17)26(15)11-10-23-21(22-2)25-16-8-9-19-20(14-16)28-13-5-12-27-19;/h3-4,6-9,14H,5,10-13H2,1-2H3,(H2,22,23,25);1H. The summed E-state index contributed by atoms with van der Waals surface area (Å²) in [5.74, 6) is 3.26. The Morgan fingerprint density at radius 3 is 2.76 bits per heavy atom. The molecule has 154 valence electrons. The quantitative estimate of drug-likeness (QED) is 0.319. The summed E-state index contributed by atoms with van der Waals surface area (Å²) >= 11 is 0. The predicted molar refractivity (Wildman–Crippen MR) is 127 cm³/mol. The summed E-state index contributed by atoms with van der Waals surface area (Å²) < 4.78 is 13.6. The van der Waals surface area contributed by atoms with Gasteiger partial charge in [0, 0.05) is 38.3 Å². The Hall–Kier alpha value is -2.49. The van der Waals surface area contributed by atoms with Crippen LogP contribution in [-0.4, -0.2) is 42.3 Å². The zero-order valence-corrected chi connectivity index (χ0v) is 19.0. The summed E-state index contributed by atoms with van der Waals surface area (Å²) in [5.41, 5.74) is 3.07. The monoisotopic (exact) mass is 507 g/mol. The number of imidazole rings is 1. The maximum absolute atomic E-state index is 5.75. The molecule has 2 N–H and O–H groups in total. The lowest BCUT2D eigenvalue weighted by Gasteiger charge is -2.14. The summed E-state index contributed by atoms with van der Waals surface area (Å²) in [5, 5.41) is 6.67. The van der Waals surface area contributed by atoms with E-state index < -0.39 is 0 Å². The molecule has 29 heavy (non-hydrogen) atoms. The first-order chi connectivity index (χ1) is 13.7. The van der Waals surface area contributed by atoms with Crippen molar-refractivity contribution in [3.8, 4) is 11.5 Å². The fourth-order valence-corrected chi connectivity index (χ4v) is 3.32. The van der Waals surface area contributed by atoms with Crippen LogP contribution in [0.3, 0.4) is 0 Å². The first-order valence-electron chi connectivity index (χ1n) is 9.54. The van der Waals surface area contributed by atoms with Gasteiger partial charge in [0.2, 0.25) is 0 Å². The van der Waals surface area contributed by atoms with E-state index in [1.54, 1.807) is 7.05 Å². The number of aromatic nitrogens is 2. The van der Waals surface area contributed by atoms with Crippen molar-refractivity contribution in [3.05, 3.63) is 48.3 Å². The second kappa shape index (κ2) is 9.82. The number of rotatable bonds is 4. The molecule has 7 nitrogen and oxygen atoms in total. The van der Waals surface area contributed by atoms with Gasteiger partial charge in [-0.1, -0.05) is 12.1 Å². The number of benzene rings is 2. The van der Waals surface area contributed by atoms with Crippen LogP contribution in [-0.2, 0) is 6.54 Å². The number of anilines is 1. The molecule has 0 radical (unpaired) electrons. The number of ether oxygens (including phenoxy) is 2. The molecule has 0 fully saturated rings. The number of aryl methyl sites for hydroxylation is 1. The summed E-state index contributed by atoms with van der Waals surface area (Å²) in [6.45, 7) is 4.91. The van der Waals surface area contributed by atoms with E-state index in [2.05, 4.69) is 31.2 Å². The molecule has 0 bridgehead atoms. The van der Waals surface area contributed by atoms with Gasteiger partial charge in [0.25, 0.3) is 0 Å². The summed E-state index contributed by atoms with van der Waals surface area (Å²) in [4.78, 5) is 8.93. The third kappa shape index (κ3) is 4.92. The average molecular weight is 507 g/mol. The molecule has 1 aliphatic heterocycles. The van der Waals surface area contributed by atoms with Crippen molar-refractivity contribution >= 4 is 46.7 Å². The Morgan fingerprint density at radius 2 is 1.93 bits per heavy atom. The van der Waals surface area contributed by atoms with Crippen molar-refractivity contribution in [2.75, 3.05) is 32.1 Å². The molecule has 8 heteroatoms. The van der Waals surface area contributed by atoms with E-state index in [-0.39, 0.29) is 24.0 Å². The van der Waals surface area contributed by atoms with Crippen molar-refractivity contribution in [2.24, 2.45) is 4.99 Å². The summed E-state index contributed by atoms with van der Waals surface area (Å²) in [7, 11) is 1.76. The van der Waals surface area contributed by atoms with Crippen LogP contribution in [0, 0.1) is 6.92 Å². The third-order valence-electron chi connectivity index (χ3n) is 4.71. The van der Waals surface area contributed by atoms with Crippen molar-refractivity contribution in [1.82, 2.24) is 14.9 Å². The SMILES string of the molecule is CN=C(NCCn1c(C)nc2ccccc21)Nc1ccc2c(c1)OCCCO2.I. The molecule has 3 aromatic rings. The van der Waals surface area contributed by atoms with E-state index in [1.807, 2.05) is 43.3 Å². The normalized spacial score (nSPS) is 13.5. The van der Waals surface area contributed by atoms with Gasteiger partial charge < -0.3 is 24.7 Å². The van der Waals surface area contributed by atoms with Crippen LogP contribution in [0.1, 0.15) is 12.2 Å². The Balaban J connectivity index is 0.00000240. The minimum absolute atomic E-state index is 0. The van der Waals surface area contributed by atoms with E-state index in [1.165, 1.54) is 0 Å². The second-order valence-corrected chi connectivity index (χ2v) is 6.64. The fraction of sp³-hybridized carbons (Fsp3) is 0.333. The Kier molecular flexibility index (Phi) is 7.18. The van der Waals surface area contributed by atoms with E-state index in [0.29, 0.717) is 19.2 Å². The number of fused-ring (bicyclic) bond motifs is 2. The maximum atomic E-state index is 5.75. The zero-order valence-electron chi connectivity index (χ0n) is 16.6. The summed E-state index contributed by atoms with van der Waals surface area (Å²) in [6, 6.07) is 14.0. The molecule has 0 saturated heterocycles. The first-order valence-corrected chi connectivity index (χ1v) is 9.54. The Labute approximate surface area is 187 Å². The predicted octanol–water partition coefficient (Wildman–Crippen LogP) is 3.81. The minimum atomic E-state index is 0. The molecule has 2 heterocycles. The van der Waals surface area contributed by atoms with Crippen molar-refractivity contribution in [1.29, 1.82) is 0 Å². The number of nitrogens with one attached hydrogen (secondary N) is 2. The first kappa shape index (κ1) is 21.2. The molecule has 0 saturated carbocycles. The maximum Gasteiger partial charge on any atom is 0.195 e. The highest BCUT2D eigenvalue weighted by Crippen LogP contribution is 2.32. The highest BCUT2D eigenvalue weighted by molar-refractivity contribution is 14.0. The molecule has 0 aliphatic carbocycles. The van der Waals surface area contributed by atoms with E-state index in [9.17, 15) is 0 Å². The van der Waals surface area contributed by atoms with Gasteiger partial charge >= 0.3 is 0 Å². The lowest BCUT2D eigenvalue weighted by atomic mass is 10.3. The lowest BCUT2D eigenvalue weighted by molar-refractivity contribution is 0.297. The largest absolute Gasteiger partial charge is 0.490 e. The second-order valence-electron chi connectivity index (χ2n) is 6.64. The van der Waals surface area contributed by atoms with Gasteiger partial charge in [0.05, 0.1) is 24.2 Å². The van der Waals surface area contributed by atoms with Gasteiger partial charge in [0.1, 0.15) is 5.82 Å². The van der Waals surface area contributed by atoms with Gasteiger partial charge in [-0.3, -0.25) is 4.99 Å². The van der Waals surface area contributed by atoms with E-state index in [4.69, 9.17) is 9.47 Å². The molecular weight excluding hydrogens is 481 g/mol. The third-order valence-corrected chi connectivity index (χ3v) is 4.71. The molecule has 4 rings (SSSR count). The fourth-order valence-electron chi connectivity index (χ4n) is 3.32. The van der Waals surface area contributed by atoms with Crippen LogP contribution in [0.15, 0.2) is 47.5 Å². The molecule has 1 aliphatic rings. The number of guanidine groups is 1. The summed E-state index contributed by atoms with van der Waals surface area (Å²) in [6.07, 6.45) is 0.892. The molecular formula is C21H26IN5O2. The van der Waals surface area contributed by atoms with Gasteiger partial charge in [-0.15, -0.1) is 24.0 Å². The molecule has 1 aromatic heterocycles. The Bertz CT molecular complexity index is 1000. The minimum Gasteiger partial charge on any atom is -0.490 e. The van der Waals surface area contributed by atoms with Crippen LogP contribution in [0.4, 0.5) is 5.69 Å². The highest BCUT2D eigenvalue weighted by atomic mass is 127. The molecule has 0 amide bonds. The number of nitrogens with zero attached hydrogens (tertiary/aromatic N) is 3. The zero-order chi connectivity index (χ0) is 19.3. The molecule has 2 aromatic carbocycles. The highest BCUT2D eigenvalue weighted by Gasteiger charge is 2.11. The van der Waals surface area contributed by atoms with Crippen LogP contribution in [0.25, 0.3) is 11.0 Å². The molecule has 0 unspecified atom stereocenters. The Morgan fingerprint density at radius 1 is 1.14 bits per heavy atom. The van der Waals surface area contributed by atoms with Crippen molar-refractivity contribution < 1.29 is 9.47 Å². The van der Waals surface area contributed by atoms with E-state index >= 15 is 0 Å². The van der Waals surface area contributed by atoms with Crippen molar-refractivity contribution in [3.63, 3.8) is 0 Å². The topological polar surface area (TPSA) is 72.7 Å². The number of aliphatic imine (C=N–C) groups is 1.